The molecule has 0 atom stereocenters. The zero-order chi connectivity index (χ0) is 14.0. The normalized spacial score (nSPS) is 11.7. The Balaban J connectivity index is 2.60. The van der Waals surface area contributed by atoms with E-state index in [1.807, 2.05) is 0 Å². The molecule has 108 valence electrons. The van der Waals surface area contributed by atoms with Gasteiger partial charge in [-0.15, -0.1) is 0 Å². The van der Waals surface area contributed by atoms with Crippen molar-refractivity contribution < 1.29 is 4.48 Å². The third-order valence-electron chi connectivity index (χ3n) is 4.36. The van der Waals surface area contributed by atoms with Gasteiger partial charge in [-0.1, -0.05) is 57.0 Å². The summed E-state index contributed by atoms with van der Waals surface area (Å²) in [4.78, 5) is 0. The molecule has 1 aromatic carbocycles. The second kappa shape index (κ2) is 9.14. The van der Waals surface area contributed by atoms with E-state index in [0.717, 1.165) is 0 Å². The highest BCUT2D eigenvalue weighted by atomic mass is 15.3. The van der Waals surface area contributed by atoms with Crippen LogP contribution in [0.2, 0.25) is 0 Å². The summed E-state index contributed by atoms with van der Waals surface area (Å²) in [6.07, 6.45) is 6.59. The standard InChI is InChI=1S/C18H32N/c1-4-7-15-19(6-3,16-8-5-2)17-14-18-12-10-9-11-13-18/h9-13H,4-8,14-17H2,1-3H3/q+1. The van der Waals surface area contributed by atoms with Crippen molar-refractivity contribution in [3.05, 3.63) is 35.9 Å². The SMILES string of the molecule is CCCC[N+](CC)(CCCC)CCc1ccccc1. The van der Waals surface area contributed by atoms with Crippen molar-refractivity contribution >= 4 is 0 Å². The molecule has 1 nitrogen and oxygen atoms in total. The molecule has 0 fully saturated rings. The highest BCUT2D eigenvalue weighted by Crippen LogP contribution is 2.14. The first-order chi connectivity index (χ1) is 9.26. The summed E-state index contributed by atoms with van der Waals surface area (Å²) in [5.74, 6) is 0. The van der Waals surface area contributed by atoms with Crippen LogP contribution in [0.3, 0.4) is 0 Å². The van der Waals surface area contributed by atoms with Gasteiger partial charge in [0.25, 0.3) is 0 Å². The van der Waals surface area contributed by atoms with Crippen LogP contribution in [0, 0.1) is 0 Å². The minimum Gasteiger partial charge on any atom is -0.324 e. The summed E-state index contributed by atoms with van der Waals surface area (Å²) in [5.41, 5.74) is 1.49. The van der Waals surface area contributed by atoms with Crippen LogP contribution in [0.15, 0.2) is 30.3 Å². The zero-order valence-electron chi connectivity index (χ0n) is 13.2. The Morgan fingerprint density at radius 3 is 1.84 bits per heavy atom. The fraction of sp³-hybridized carbons (Fsp3) is 0.667. The van der Waals surface area contributed by atoms with E-state index in [1.54, 1.807) is 0 Å². The third-order valence-corrected chi connectivity index (χ3v) is 4.36. The average Bonchev–Trinajstić information content (AvgIpc) is 2.48. The molecule has 0 N–H and O–H groups in total. The van der Waals surface area contributed by atoms with Gasteiger partial charge in [0.05, 0.1) is 26.2 Å². The highest BCUT2D eigenvalue weighted by Gasteiger charge is 2.23. The lowest BCUT2D eigenvalue weighted by atomic mass is 10.1. The van der Waals surface area contributed by atoms with Gasteiger partial charge in [0.15, 0.2) is 0 Å². The maximum atomic E-state index is 2.37. The summed E-state index contributed by atoms with van der Waals surface area (Å²) in [7, 11) is 0. The lowest BCUT2D eigenvalue weighted by Gasteiger charge is -2.38. The predicted octanol–water partition coefficient (Wildman–Crippen LogP) is 4.67. The monoisotopic (exact) mass is 262 g/mol. The molecule has 0 aromatic heterocycles. The number of hydrogen-bond donors (Lipinski definition) is 0. The number of quaternary nitrogens is 1. The van der Waals surface area contributed by atoms with Gasteiger partial charge < -0.3 is 4.48 Å². The summed E-state index contributed by atoms with van der Waals surface area (Å²) in [6.45, 7) is 12.3. The Bertz CT molecular complexity index is 310. The number of benzene rings is 1. The van der Waals surface area contributed by atoms with Crippen LogP contribution in [0.1, 0.15) is 52.0 Å². The molecule has 0 unspecified atom stereocenters. The Kier molecular flexibility index (Phi) is 7.81. The van der Waals surface area contributed by atoms with Gasteiger partial charge in [0, 0.05) is 6.42 Å². The van der Waals surface area contributed by atoms with Crippen LogP contribution in [-0.2, 0) is 6.42 Å². The topological polar surface area (TPSA) is 0 Å². The quantitative estimate of drug-likeness (QED) is 0.538. The number of unbranched alkanes of at least 4 members (excludes halogenated alkanes) is 2. The lowest BCUT2D eigenvalue weighted by Crippen LogP contribution is -2.50. The van der Waals surface area contributed by atoms with Crippen molar-refractivity contribution in [3.8, 4) is 0 Å². The first-order valence-corrected chi connectivity index (χ1v) is 8.15. The second-order valence-corrected chi connectivity index (χ2v) is 5.77. The smallest absolute Gasteiger partial charge is 0.0827 e. The van der Waals surface area contributed by atoms with Gasteiger partial charge >= 0.3 is 0 Å². The molecule has 0 aliphatic heterocycles. The van der Waals surface area contributed by atoms with E-state index >= 15 is 0 Å². The summed E-state index contributed by atoms with van der Waals surface area (Å²) in [5, 5.41) is 0. The molecule has 1 aromatic rings. The van der Waals surface area contributed by atoms with Crippen molar-refractivity contribution in [2.24, 2.45) is 0 Å². The predicted molar refractivity (Wildman–Crippen MR) is 85.4 cm³/mol. The molecule has 0 aliphatic carbocycles. The first kappa shape index (κ1) is 16.2. The van der Waals surface area contributed by atoms with Gasteiger partial charge in [0.1, 0.15) is 0 Å². The molecule has 1 rings (SSSR count). The number of hydrogen-bond acceptors (Lipinski definition) is 0. The number of likely N-dealkylation sites (N-methyl/N-ethyl adjacent to an activating group) is 1. The fourth-order valence-corrected chi connectivity index (χ4v) is 2.81. The number of rotatable bonds is 10. The summed E-state index contributed by atoms with van der Waals surface area (Å²) >= 11 is 0. The molecule has 0 amide bonds. The van der Waals surface area contributed by atoms with E-state index in [4.69, 9.17) is 0 Å². The average molecular weight is 262 g/mol. The lowest BCUT2D eigenvalue weighted by molar-refractivity contribution is -0.926. The highest BCUT2D eigenvalue weighted by molar-refractivity contribution is 5.14. The van der Waals surface area contributed by atoms with Gasteiger partial charge in [-0.05, 0) is 25.3 Å². The molecular weight excluding hydrogens is 230 g/mol. The Morgan fingerprint density at radius 1 is 0.789 bits per heavy atom. The van der Waals surface area contributed by atoms with Gasteiger partial charge in [0.2, 0.25) is 0 Å². The van der Waals surface area contributed by atoms with Crippen molar-refractivity contribution in [2.75, 3.05) is 26.2 Å². The van der Waals surface area contributed by atoms with E-state index in [2.05, 4.69) is 51.1 Å². The van der Waals surface area contributed by atoms with Crippen molar-refractivity contribution in [1.29, 1.82) is 0 Å². The maximum absolute atomic E-state index is 2.37. The van der Waals surface area contributed by atoms with Crippen LogP contribution >= 0.6 is 0 Å². The van der Waals surface area contributed by atoms with Crippen LogP contribution in [-0.4, -0.2) is 30.7 Å². The molecule has 0 aliphatic rings. The van der Waals surface area contributed by atoms with Gasteiger partial charge in [-0.25, -0.2) is 0 Å². The molecule has 0 saturated carbocycles. The van der Waals surface area contributed by atoms with E-state index in [1.165, 1.54) is 68.3 Å². The largest absolute Gasteiger partial charge is 0.324 e. The molecule has 0 bridgehead atoms. The van der Waals surface area contributed by atoms with E-state index < -0.39 is 0 Å². The van der Waals surface area contributed by atoms with E-state index in [9.17, 15) is 0 Å². The molecular formula is C18H32N+. The molecule has 0 radical (unpaired) electrons. The molecule has 1 heteroatoms. The van der Waals surface area contributed by atoms with E-state index in [0.29, 0.717) is 0 Å². The minimum atomic E-state index is 1.22. The Labute approximate surface area is 120 Å². The van der Waals surface area contributed by atoms with Crippen LogP contribution in [0.25, 0.3) is 0 Å². The zero-order valence-corrected chi connectivity index (χ0v) is 13.2. The Morgan fingerprint density at radius 2 is 1.37 bits per heavy atom. The number of nitrogens with zero attached hydrogens (tertiary/aromatic N) is 1. The third kappa shape index (κ3) is 5.78. The van der Waals surface area contributed by atoms with Crippen LogP contribution in [0.5, 0.6) is 0 Å². The van der Waals surface area contributed by atoms with Gasteiger partial charge in [-0.2, -0.15) is 0 Å². The Hall–Kier alpha value is -0.820. The van der Waals surface area contributed by atoms with E-state index in [-0.39, 0.29) is 0 Å². The molecule has 0 spiro atoms. The van der Waals surface area contributed by atoms with Crippen LogP contribution < -0.4 is 0 Å². The maximum Gasteiger partial charge on any atom is 0.0827 e. The van der Waals surface area contributed by atoms with Gasteiger partial charge in [-0.3, -0.25) is 0 Å². The van der Waals surface area contributed by atoms with Crippen molar-refractivity contribution in [3.63, 3.8) is 0 Å². The second-order valence-electron chi connectivity index (χ2n) is 5.77. The molecule has 19 heavy (non-hydrogen) atoms. The molecule has 0 saturated heterocycles. The summed E-state index contributed by atoms with van der Waals surface area (Å²) < 4.78 is 1.32. The minimum absolute atomic E-state index is 1.22. The van der Waals surface area contributed by atoms with Crippen LogP contribution in [0.4, 0.5) is 0 Å². The summed E-state index contributed by atoms with van der Waals surface area (Å²) in [6, 6.07) is 11.0. The fourth-order valence-electron chi connectivity index (χ4n) is 2.81. The first-order valence-electron chi connectivity index (χ1n) is 8.15. The van der Waals surface area contributed by atoms with Crippen molar-refractivity contribution in [2.45, 2.75) is 52.9 Å². The molecule has 0 heterocycles. The van der Waals surface area contributed by atoms with Crippen molar-refractivity contribution in [1.82, 2.24) is 0 Å².